The number of nitrogens with one attached hydrogen (secondary N) is 1. The fraction of sp³-hybridized carbons (Fsp3) is 0.500. The fourth-order valence-corrected chi connectivity index (χ4v) is 2.70. The minimum absolute atomic E-state index is 0.0804. The van der Waals surface area contributed by atoms with Gasteiger partial charge in [-0.2, -0.15) is 11.3 Å². The number of rotatable bonds is 2. The first-order valence-electron chi connectivity index (χ1n) is 4.56. The van der Waals surface area contributed by atoms with Crippen molar-refractivity contribution in [1.82, 2.24) is 5.32 Å². The van der Waals surface area contributed by atoms with Crippen molar-refractivity contribution in [2.24, 2.45) is 0 Å². The van der Waals surface area contributed by atoms with Gasteiger partial charge in [0.15, 0.2) is 0 Å². The lowest BCUT2D eigenvalue weighted by atomic mass is 9.79. The largest absolute Gasteiger partial charge is 0.355 e. The summed E-state index contributed by atoms with van der Waals surface area (Å²) in [4.78, 5) is 11.2. The average molecular weight is 195 g/mol. The molecule has 1 atom stereocenters. The first-order chi connectivity index (χ1) is 6.27. The summed E-state index contributed by atoms with van der Waals surface area (Å²) < 4.78 is 0. The maximum atomic E-state index is 11.2. The lowest BCUT2D eigenvalue weighted by Crippen LogP contribution is -2.27. The molecule has 1 aliphatic rings. The van der Waals surface area contributed by atoms with Gasteiger partial charge in [-0.3, -0.25) is 4.79 Å². The Labute approximate surface area is 82.0 Å². The summed E-state index contributed by atoms with van der Waals surface area (Å²) in [5.41, 5.74) is 1.40. The standard InChI is InChI=1S/C10H13NOS/c1-2-10(5-9(12)11-7-10)8-3-4-13-6-8/h3-4,6H,2,5,7H2,1H3,(H,11,12). The molecule has 1 aliphatic heterocycles. The SMILES string of the molecule is CCC1(c2ccsc2)CNC(=O)C1. The maximum absolute atomic E-state index is 11.2. The van der Waals surface area contributed by atoms with E-state index in [0.717, 1.165) is 13.0 Å². The van der Waals surface area contributed by atoms with Gasteiger partial charge in [0.2, 0.25) is 5.91 Å². The van der Waals surface area contributed by atoms with Gasteiger partial charge < -0.3 is 5.32 Å². The minimum Gasteiger partial charge on any atom is -0.355 e. The third-order valence-electron chi connectivity index (χ3n) is 2.93. The second-order valence-corrected chi connectivity index (χ2v) is 4.38. The number of amides is 1. The highest BCUT2D eigenvalue weighted by atomic mass is 32.1. The molecule has 0 aromatic carbocycles. The molecular weight excluding hydrogens is 182 g/mol. The summed E-state index contributed by atoms with van der Waals surface area (Å²) in [7, 11) is 0. The molecule has 13 heavy (non-hydrogen) atoms. The van der Waals surface area contributed by atoms with Crippen molar-refractivity contribution in [2.45, 2.75) is 25.2 Å². The van der Waals surface area contributed by atoms with Crippen LogP contribution in [0.1, 0.15) is 25.3 Å². The normalized spacial score (nSPS) is 27.6. The molecule has 2 heterocycles. The second kappa shape index (κ2) is 3.14. The Morgan fingerprint density at radius 2 is 2.54 bits per heavy atom. The Balaban J connectivity index is 2.31. The van der Waals surface area contributed by atoms with E-state index in [-0.39, 0.29) is 11.3 Å². The van der Waals surface area contributed by atoms with Crippen LogP contribution in [0.25, 0.3) is 0 Å². The summed E-state index contributed by atoms with van der Waals surface area (Å²) >= 11 is 1.70. The van der Waals surface area contributed by atoms with E-state index in [9.17, 15) is 4.79 Å². The van der Waals surface area contributed by atoms with Gasteiger partial charge in [-0.1, -0.05) is 6.92 Å². The van der Waals surface area contributed by atoms with Crippen LogP contribution in [0.2, 0.25) is 0 Å². The van der Waals surface area contributed by atoms with Crippen molar-refractivity contribution in [2.75, 3.05) is 6.54 Å². The van der Waals surface area contributed by atoms with Crippen molar-refractivity contribution in [3.63, 3.8) is 0 Å². The van der Waals surface area contributed by atoms with Crippen molar-refractivity contribution >= 4 is 17.2 Å². The minimum atomic E-state index is 0.0804. The van der Waals surface area contributed by atoms with Crippen LogP contribution in [0.15, 0.2) is 16.8 Å². The second-order valence-electron chi connectivity index (χ2n) is 3.60. The van der Waals surface area contributed by atoms with Gasteiger partial charge in [-0.05, 0) is 28.8 Å². The summed E-state index contributed by atoms with van der Waals surface area (Å²) in [5, 5.41) is 7.15. The third-order valence-corrected chi connectivity index (χ3v) is 3.62. The number of carbonyl (C=O) groups excluding carboxylic acids is 1. The molecule has 1 unspecified atom stereocenters. The summed E-state index contributed by atoms with van der Waals surface area (Å²) in [6.07, 6.45) is 1.68. The Bertz CT molecular complexity index is 307. The van der Waals surface area contributed by atoms with Crippen LogP contribution >= 0.6 is 11.3 Å². The zero-order valence-electron chi connectivity index (χ0n) is 7.67. The Kier molecular flexibility index (Phi) is 2.12. The molecule has 1 N–H and O–H groups in total. The molecule has 2 rings (SSSR count). The predicted molar refractivity (Wildman–Crippen MR) is 53.9 cm³/mol. The number of hydrogen-bond donors (Lipinski definition) is 1. The van der Waals surface area contributed by atoms with E-state index in [1.807, 2.05) is 0 Å². The highest BCUT2D eigenvalue weighted by molar-refractivity contribution is 7.08. The summed E-state index contributed by atoms with van der Waals surface area (Å²) in [6.45, 7) is 2.96. The highest BCUT2D eigenvalue weighted by Gasteiger charge is 2.38. The number of hydrogen-bond acceptors (Lipinski definition) is 2. The maximum Gasteiger partial charge on any atom is 0.220 e. The van der Waals surface area contributed by atoms with Gasteiger partial charge in [0.25, 0.3) is 0 Å². The van der Waals surface area contributed by atoms with Gasteiger partial charge in [-0.25, -0.2) is 0 Å². The molecular formula is C10H13NOS. The number of thiophene rings is 1. The average Bonchev–Trinajstić information content (AvgIpc) is 2.73. The van der Waals surface area contributed by atoms with E-state index in [2.05, 4.69) is 29.1 Å². The summed E-state index contributed by atoms with van der Waals surface area (Å²) in [6, 6.07) is 2.13. The van der Waals surface area contributed by atoms with E-state index in [1.54, 1.807) is 11.3 Å². The first-order valence-corrected chi connectivity index (χ1v) is 5.50. The van der Waals surface area contributed by atoms with Crippen LogP contribution in [0.3, 0.4) is 0 Å². The van der Waals surface area contributed by atoms with Gasteiger partial charge in [-0.15, -0.1) is 0 Å². The van der Waals surface area contributed by atoms with Crippen LogP contribution in [0.4, 0.5) is 0 Å². The topological polar surface area (TPSA) is 29.1 Å². The van der Waals surface area contributed by atoms with Crippen molar-refractivity contribution < 1.29 is 4.79 Å². The molecule has 70 valence electrons. The molecule has 1 amide bonds. The van der Waals surface area contributed by atoms with Gasteiger partial charge in [0, 0.05) is 18.4 Å². The van der Waals surface area contributed by atoms with E-state index >= 15 is 0 Å². The molecule has 0 radical (unpaired) electrons. The van der Waals surface area contributed by atoms with Crippen molar-refractivity contribution in [3.8, 4) is 0 Å². The Morgan fingerprint density at radius 3 is 3.00 bits per heavy atom. The van der Waals surface area contributed by atoms with E-state index in [4.69, 9.17) is 0 Å². The van der Waals surface area contributed by atoms with Gasteiger partial charge >= 0.3 is 0 Å². The third kappa shape index (κ3) is 1.37. The molecule has 0 spiro atoms. The van der Waals surface area contributed by atoms with Crippen LogP contribution in [-0.4, -0.2) is 12.5 Å². The molecule has 1 fully saturated rings. The van der Waals surface area contributed by atoms with E-state index in [0.29, 0.717) is 6.42 Å². The quantitative estimate of drug-likeness (QED) is 0.767. The zero-order valence-corrected chi connectivity index (χ0v) is 8.49. The van der Waals surface area contributed by atoms with Crippen LogP contribution in [0.5, 0.6) is 0 Å². The van der Waals surface area contributed by atoms with E-state index in [1.165, 1.54) is 5.56 Å². The van der Waals surface area contributed by atoms with E-state index < -0.39 is 0 Å². The van der Waals surface area contributed by atoms with Crippen LogP contribution < -0.4 is 5.32 Å². The molecule has 0 aliphatic carbocycles. The molecule has 1 aromatic heterocycles. The Morgan fingerprint density at radius 1 is 1.69 bits per heavy atom. The van der Waals surface area contributed by atoms with Crippen molar-refractivity contribution in [1.29, 1.82) is 0 Å². The molecule has 3 heteroatoms. The smallest absolute Gasteiger partial charge is 0.220 e. The molecule has 0 saturated carbocycles. The van der Waals surface area contributed by atoms with Crippen LogP contribution in [-0.2, 0) is 10.2 Å². The number of carbonyl (C=O) groups is 1. The highest BCUT2D eigenvalue weighted by Crippen LogP contribution is 2.35. The lowest BCUT2D eigenvalue weighted by Gasteiger charge is -2.24. The predicted octanol–water partition coefficient (Wildman–Crippen LogP) is 1.92. The first kappa shape index (κ1) is 8.75. The van der Waals surface area contributed by atoms with Gasteiger partial charge in [0.1, 0.15) is 0 Å². The fourth-order valence-electron chi connectivity index (χ4n) is 1.92. The lowest BCUT2D eigenvalue weighted by molar-refractivity contribution is -0.119. The van der Waals surface area contributed by atoms with Gasteiger partial charge in [0.05, 0.1) is 0 Å². The Hall–Kier alpha value is -0.830. The van der Waals surface area contributed by atoms with Crippen molar-refractivity contribution in [3.05, 3.63) is 22.4 Å². The van der Waals surface area contributed by atoms with Crippen LogP contribution in [0, 0.1) is 0 Å². The molecule has 0 bridgehead atoms. The molecule has 2 nitrogen and oxygen atoms in total. The monoisotopic (exact) mass is 195 g/mol. The molecule has 1 aromatic rings. The summed E-state index contributed by atoms with van der Waals surface area (Å²) in [5.74, 6) is 0.188. The zero-order chi connectivity index (χ0) is 9.31. The molecule has 1 saturated heterocycles.